The number of hydrogen-bond acceptors (Lipinski definition) is 7. The number of hydrogen-bond donors (Lipinski definition) is 0. The minimum absolute atomic E-state index is 0.0281. The van der Waals surface area contributed by atoms with Gasteiger partial charge >= 0.3 is 16.1 Å². The SMILES string of the molecule is O=C(CCCN1CCC[C@H]1COc1ccc(Oc2ccc(Cl)cc2)cc1)OS(=O)(=O)c1ccccc1. The van der Waals surface area contributed by atoms with Crippen LogP contribution in [-0.2, 0) is 19.1 Å². The fourth-order valence-electron chi connectivity index (χ4n) is 4.04. The van der Waals surface area contributed by atoms with Crippen LogP contribution in [0, 0.1) is 0 Å². The molecule has 1 saturated heterocycles. The van der Waals surface area contributed by atoms with E-state index in [1.807, 2.05) is 36.4 Å². The van der Waals surface area contributed by atoms with Crippen molar-refractivity contribution in [1.29, 1.82) is 0 Å². The summed E-state index contributed by atoms with van der Waals surface area (Å²) in [6.07, 6.45) is 2.60. The summed E-state index contributed by atoms with van der Waals surface area (Å²) < 4.78 is 40.9. The third-order valence-corrected chi connectivity index (χ3v) is 7.38. The Hall–Kier alpha value is -3.07. The number of carbonyl (C=O) groups is 1. The number of benzene rings is 3. The second-order valence-electron chi connectivity index (χ2n) is 8.50. The Morgan fingerprint density at radius 3 is 2.25 bits per heavy atom. The van der Waals surface area contributed by atoms with Crippen LogP contribution in [0.15, 0.2) is 83.8 Å². The van der Waals surface area contributed by atoms with Crippen molar-refractivity contribution in [2.75, 3.05) is 19.7 Å². The first-order valence-corrected chi connectivity index (χ1v) is 13.6. The van der Waals surface area contributed by atoms with Crippen molar-refractivity contribution in [2.24, 2.45) is 0 Å². The molecule has 1 aliphatic heterocycles. The normalized spacial score (nSPS) is 16.0. The number of likely N-dealkylation sites (tertiary alicyclic amines) is 1. The number of halogens is 1. The van der Waals surface area contributed by atoms with Gasteiger partial charge in [-0.3, -0.25) is 9.69 Å². The summed E-state index contributed by atoms with van der Waals surface area (Å²) in [6, 6.07) is 22.5. The Balaban J connectivity index is 1.19. The van der Waals surface area contributed by atoms with Crippen LogP contribution in [0.5, 0.6) is 17.2 Å². The standard InChI is InChI=1S/C27H28ClNO6S/c28-21-10-12-24(13-11-21)34-25-16-14-23(15-17-25)33-20-22-6-4-18-29(22)19-5-9-27(30)35-36(31,32)26-7-2-1-3-8-26/h1-3,7-8,10-17,22H,4-6,9,18-20H2/t22-/m0/s1. The number of carbonyl (C=O) groups excluding carboxylic acids is 1. The largest absolute Gasteiger partial charge is 0.492 e. The highest BCUT2D eigenvalue weighted by Gasteiger charge is 2.25. The van der Waals surface area contributed by atoms with Gasteiger partial charge in [-0.25, -0.2) is 0 Å². The highest BCUT2D eigenvalue weighted by molar-refractivity contribution is 7.87. The van der Waals surface area contributed by atoms with Crippen LogP contribution in [0.4, 0.5) is 0 Å². The number of ether oxygens (including phenoxy) is 2. The van der Waals surface area contributed by atoms with E-state index in [0.29, 0.717) is 36.1 Å². The van der Waals surface area contributed by atoms with Gasteiger partial charge in [-0.05, 0) is 93.0 Å². The molecule has 0 aromatic heterocycles. The summed E-state index contributed by atoms with van der Waals surface area (Å²) in [5.41, 5.74) is 0. The van der Waals surface area contributed by atoms with Crippen molar-refractivity contribution < 1.29 is 26.9 Å². The maximum atomic E-state index is 12.2. The summed E-state index contributed by atoms with van der Waals surface area (Å²) in [5.74, 6) is 1.41. The lowest BCUT2D eigenvalue weighted by Gasteiger charge is -2.24. The van der Waals surface area contributed by atoms with Crippen LogP contribution >= 0.6 is 11.6 Å². The molecule has 1 atom stereocenters. The summed E-state index contributed by atoms with van der Waals surface area (Å²) >= 11 is 5.90. The molecule has 0 unspecified atom stereocenters. The lowest BCUT2D eigenvalue weighted by atomic mass is 10.2. The Kier molecular flexibility index (Phi) is 8.85. The predicted octanol–water partition coefficient (Wildman–Crippen LogP) is 5.69. The molecule has 190 valence electrons. The zero-order chi connectivity index (χ0) is 25.4. The van der Waals surface area contributed by atoms with Gasteiger partial charge in [0.1, 0.15) is 28.8 Å². The van der Waals surface area contributed by atoms with Crippen LogP contribution in [-0.4, -0.2) is 45.0 Å². The molecule has 0 saturated carbocycles. The highest BCUT2D eigenvalue weighted by Crippen LogP contribution is 2.26. The second-order valence-corrected chi connectivity index (χ2v) is 10.5. The molecule has 4 rings (SSSR count). The predicted molar refractivity (Wildman–Crippen MR) is 137 cm³/mol. The molecule has 1 fully saturated rings. The van der Waals surface area contributed by atoms with Gasteiger partial charge in [-0.2, -0.15) is 8.42 Å². The molecule has 0 radical (unpaired) electrons. The van der Waals surface area contributed by atoms with Gasteiger partial charge < -0.3 is 13.7 Å². The van der Waals surface area contributed by atoms with Gasteiger partial charge in [0.25, 0.3) is 0 Å². The monoisotopic (exact) mass is 529 g/mol. The first kappa shape index (κ1) is 26.0. The number of rotatable bonds is 11. The first-order valence-electron chi connectivity index (χ1n) is 11.8. The van der Waals surface area contributed by atoms with E-state index in [4.69, 9.17) is 25.3 Å². The molecule has 9 heteroatoms. The summed E-state index contributed by atoms with van der Waals surface area (Å²) in [6.45, 7) is 2.12. The molecular weight excluding hydrogens is 502 g/mol. The van der Waals surface area contributed by atoms with Crippen molar-refractivity contribution in [3.63, 3.8) is 0 Å². The lowest BCUT2D eigenvalue weighted by molar-refractivity contribution is -0.134. The van der Waals surface area contributed by atoms with Gasteiger partial charge in [-0.15, -0.1) is 0 Å². The Bertz CT molecular complexity index is 1230. The van der Waals surface area contributed by atoms with E-state index in [1.165, 1.54) is 12.1 Å². The molecule has 0 amide bonds. The van der Waals surface area contributed by atoms with E-state index in [1.54, 1.807) is 30.3 Å². The van der Waals surface area contributed by atoms with E-state index in [0.717, 1.165) is 25.1 Å². The van der Waals surface area contributed by atoms with Crippen LogP contribution in [0.2, 0.25) is 5.02 Å². The average Bonchev–Trinajstić information content (AvgIpc) is 3.32. The maximum absolute atomic E-state index is 12.2. The van der Waals surface area contributed by atoms with E-state index in [9.17, 15) is 13.2 Å². The summed E-state index contributed by atoms with van der Waals surface area (Å²) in [7, 11) is -4.08. The van der Waals surface area contributed by atoms with E-state index < -0.39 is 16.1 Å². The van der Waals surface area contributed by atoms with Gasteiger partial charge in [0.05, 0.1) is 0 Å². The summed E-state index contributed by atoms with van der Waals surface area (Å²) in [5, 5.41) is 0.656. The highest BCUT2D eigenvalue weighted by atomic mass is 35.5. The van der Waals surface area contributed by atoms with E-state index in [-0.39, 0.29) is 17.4 Å². The van der Waals surface area contributed by atoms with Crippen LogP contribution in [0.1, 0.15) is 25.7 Å². The Morgan fingerprint density at radius 2 is 1.56 bits per heavy atom. The lowest BCUT2D eigenvalue weighted by Crippen LogP contribution is -2.35. The van der Waals surface area contributed by atoms with E-state index >= 15 is 0 Å². The molecule has 7 nitrogen and oxygen atoms in total. The molecule has 36 heavy (non-hydrogen) atoms. The third kappa shape index (κ3) is 7.46. The van der Waals surface area contributed by atoms with Crippen LogP contribution < -0.4 is 9.47 Å². The van der Waals surface area contributed by atoms with Crippen molar-refractivity contribution >= 4 is 27.7 Å². The van der Waals surface area contributed by atoms with Crippen LogP contribution in [0.3, 0.4) is 0 Å². The Labute approximate surface area is 216 Å². The molecule has 0 aliphatic carbocycles. The van der Waals surface area contributed by atoms with Crippen LogP contribution in [0.25, 0.3) is 0 Å². The third-order valence-electron chi connectivity index (χ3n) is 5.88. The molecule has 0 spiro atoms. The maximum Gasteiger partial charge on any atom is 0.341 e. The Morgan fingerprint density at radius 1 is 0.917 bits per heavy atom. The van der Waals surface area contributed by atoms with Crippen molar-refractivity contribution in [3.05, 3.63) is 83.9 Å². The molecule has 3 aromatic carbocycles. The second kappa shape index (κ2) is 12.3. The van der Waals surface area contributed by atoms with Gasteiger partial charge in [0, 0.05) is 17.5 Å². The quantitative estimate of drug-likeness (QED) is 0.295. The van der Waals surface area contributed by atoms with Gasteiger partial charge in [0.2, 0.25) is 0 Å². The van der Waals surface area contributed by atoms with E-state index in [2.05, 4.69) is 4.90 Å². The first-order chi connectivity index (χ1) is 17.4. The number of nitrogens with zero attached hydrogens (tertiary/aromatic N) is 1. The molecule has 1 heterocycles. The smallest absolute Gasteiger partial charge is 0.341 e. The van der Waals surface area contributed by atoms with Crippen molar-refractivity contribution in [1.82, 2.24) is 4.90 Å². The minimum atomic E-state index is -4.08. The molecular formula is C27H28ClNO6S. The average molecular weight is 530 g/mol. The topological polar surface area (TPSA) is 82.1 Å². The zero-order valence-electron chi connectivity index (χ0n) is 19.7. The molecule has 3 aromatic rings. The fourth-order valence-corrected chi connectivity index (χ4v) is 5.08. The zero-order valence-corrected chi connectivity index (χ0v) is 21.3. The molecule has 0 N–H and O–H groups in total. The van der Waals surface area contributed by atoms with Gasteiger partial charge in [-0.1, -0.05) is 29.8 Å². The fraction of sp³-hybridized carbons (Fsp3) is 0.296. The summed E-state index contributed by atoms with van der Waals surface area (Å²) in [4.78, 5) is 14.3. The van der Waals surface area contributed by atoms with Gasteiger partial charge in [0.15, 0.2) is 0 Å². The van der Waals surface area contributed by atoms with Crippen molar-refractivity contribution in [3.8, 4) is 17.2 Å². The molecule has 1 aliphatic rings. The minimum Gasteiger partial charge on any atom is -0.492 e. The molecule has 0 bridgehead atoms. The van der Waals surface area contributed by atoms with Crippen molar-refractivity contribution in [2.45, 2.75) is 36.6 Å².